The van der Waals surface area contributed by atoms with Crippen LogP contribution in [0.15, 0.2) is 156 Å². The highest BCUT2D eigenvalue weighted by atomic mass is 15.5. The van der Waals surface area contributed by atoms with Crippen molar-refractivity contribution < 1.29 is 0 Å². The van der Waals surface area contributed by atoms with Gasteiger partial charge in [-0.2, -0.15) is 10.2 Å². The molecule has 6 heteroatoms. The van der Waals surface area contributed by atoms with E-state index in [-0.39, 0.29) is 0 Å². The zero-order valence-corrected chi connectivity index (χ0v) is 36.3. The molecule has 312 valence electrons. The van der Waals surface area contributed by atoms with E-state index in [1.165, 1.54) is 95.7 Å². The lowest BCUT2D eigenvalue weighted by atomic mass is 9.94. The first kappa shape index (κ1) is 41.6. The van der Waals surface area contributed by atoms with Crippen molar-refractivity contribution in [2.24, 2.45) is 10.2 Å². The van der Waals surface area contributed by atoms with E-state index in [0.717, 1.165) is 67.9 Å². The van der Waals surface area contributed by atoms with Gasteiger partial charge in [0.25, 0.3) is 0 Å². The highest BCUT2D eigenvalue weighted by molar-refractivity contribution is 6.09. The van der Waals surface area contributed by atoms with E-state index < -0.39 is 0 Å². The van der Waals surface area contributed by atoms with Crippen molar-refractivity contribution >= 4 is 57.0 Å². The Morgan fingerprint density at radius 3 is 1.70 bits per heavy atom. The number of nitrogens with zero attached hydrogens (tertiary/aromatic N) is 6. The molecule has 2 heterocycles. The summed E-state index contributed by atoms with van der Waals surface area (Å²) in [4.78, 5) is 2.51. The van der Waals surface area contributed by atoms with Crippen LogP contribution in [0.3, 0.4) is 0 Å². The Bertz CT molecular complexity index is 2520. The first-order chi connectivity index (χ1) is 30.2. The lowest BCUT2D eigenvalue weighted by Crippen LogP contribution is -2.24. The van der Waals surface area contributed by atoms with Crippen molar-refractivity contribution in [3.8, 4) is 0 Å². The number of aromatic nitrogens is 1. The quantitative estimate of drug-likeness (QED) is 0.0412. The molecule has 8 rings (SSSR count). The first-order valence-corrected chi connectivity index (χ1v) is 22.9. The zero-order chi connectivity index (χ0) is 41.6. The van der Waals surface area contributed by atoms with Gasteiger partial charge in [0, 0.05) is 65.8 Å². The van der Waals surface area contributed by atoms with Gasteiger partial charge in [-0.1, -0.05) is 137 Å². The van der Waals surface area contributed by atoms with Crippen molar-refractivity contribution in [3.63, 3.8) is 0 Å². The maximum Gasteiger partial charge on any atom is 0.0593 e. The smallest absolute Gasteiger partial charge is 0.0593 e. The highest BCUT2D eigenvalue weighted by Crippen LogP contribution is 2.39. The van der Waals surface area contributed by atoms with E-state index in [0.29, 0.717) is 0 Å². The Kier molecular flexibility index (Phi) is 14.2. The molecule has 0 bridgehead atoms. The van der Waals surface area contributed by atoms with Gasteiger partial charge in [-0.25, -0.2) is 0 Å². The van der Waals surface area contributed by atoms with Gasteiger partial charge in [-0.05, 0) is 109 Å². The first-order valence-electron chi connectivity index (χ1n) is 22.9. The molecule has 0 radical (unpaired) electrons. The van der Waals surface area contributed by atoms with Crippen LogP contribution < -0.4 is 14.9 Å². The molecule has 0 N–H and O–H groups in total. The molecule has 1 aromatic heterocycles. The molecule has 0 fully saturated rings. The summed E-state index contributed by atoms with van der Waals surface area (Å²) >= 11 is 0. The standard InChI is InChI=1S/C55H62N6/c1-3-5-35-58-52-29-19-17-23-46(52)41-47-39-44(31-33-53(47)58)42-56-60(48-24-13-11-14-25-48)37-21-9-7-8-10-22-38-61(49-26-15-12-16-27-49)57-43-45-32-34-55-51(40-45)50-28-18-20-30-54(50)59(55)36-6-4-2/h11-20,23-34,39-40,42-43H,3-10,21-22,35-38,41H2,1-2H3/b56-42+,57-43+. The summed E-state index contributed by atoms with van der Waals surface area (Å²) < 4.78 is 2.48. The summed E-state index contributed by atoms with van der Waals surface area (Å²) in [6, 6.07) is 52.6. The number of hydrogen-bond donors (Lipinski definition) is 0. The van der Waals surface area contributed by atoms with Gasteiger partial charge in [0.05, 0.1) is 23.8 Å². The Morgan fingerprint density at radius 1 is 0.475 bits per heavy atom. The Morgan fingerprint density at radius 2 is 1.02 bits per heavy atom. The average molecular weight is 807 g/mol. The SMILES string of the molecule is CCCCN1c2ccccc2Cc2cc(/C=N/N(CCCCCCCCN(/N=C/c3ccc4c(c3)c3ccccc3n4CCCC)c3ccccc3)c3ccccc3)ccc21. The van der Waals surface area contributed by atoms with Crippen LogP contribution in [0.4, 0.5) is 22.7 Å². The van der Waals surface area contributed by atoms with Gasteiger partial charge in [0.15, 0.2) is 0 Å². The lowest BCUT2D eigenvalue weighted by molar-refractivity contribution is 0.586. The van der Waals surface area contributed by atoms with Crippen LogP contribution >= 0.6 is 0 Å². The van der Waals surface area contributed by atoms with Crippen LogP contribution in [0.25, 0.3) is 21.8 Å². The number of rotatable bonds is 21. The van der Waals surface area contributed by atoms with Crippen LogP contribution in [0, 0.1) is 0 Å². The third kappa shape index (κ3) is 10.3. The summed E-state index contributed by atoms with van der Waals surface area (Å²) in [5.41, 5.74) is 12.6. The van der Waals surface area contributed by atoms with Gasteiger partial charge in [0.2, 0.25) is 0 Å². The fourth-order valence-corrected chi connectivity index (χ4v) is 8.83. The normalized spacial score (nSPS) is 12.5. The minimum atomic E-state index is 0.890. The maximum atomic E-state index is 5.08. The van der Waals surface area contributed by atoms with Crippen molar-refractivity contribution in [1.82, 2.24) is 4.57 Å². The van der Waals surface area contributed by atoms with Crippen LogP contribution in [-0.2, 0) is 13.0 Å². The number of unbranched alkanes of at least 4 members (excludes halogenated alkanes) is 7. The van der Waals surface area contributed by atoms with Crippen LogP contribution in [0.2, 0.25) is 0 Å². The van der Waals surface area contributed by atoms with Crippen molar-refractivity contribution in [2.75, 3.05) is 34.6 Å². The van der Waals surface area contributed by atoms with Gasteiger partial charge < -0.3 is 9.47 Å². The second-order valence-electron chi connectivity index (χ2n) is 16.5. The summed E-state index contributed by atoms with van der Waals surface area (Å²) in [5, 5.41) is 17.1. The molecule has 0 saturated heterocycles. The van der Waals surface area contributed by atoms with Gasteiger partial charge in [-0.15, -0.1) is 0 Å². The second-order valence-corrected chi connectivity index (χ2v) is 16.5. The molecule has 0 atom stereocenters. The van der Waals surface area contributed by atoms with E-state index in [2.05, 4.69) is 185 Å². The number of anilines is 4. The summed E-state index contributed by atoms with van der Waals surface area (Å²) in [5.74, 6) is 0. The fraction of sp³-hybridized carbons (Fsp3) is 0.309. The number of hydrogen-bond acceptors (Lipinski definition) is 5. The number of para-hydroxylation sites is 4. The summed E-state index contributed by atoms with van der Waals surface area (Å²) in [7, 11) is 0. The van der Waals surface area contributed by atoms with Crippen LogP contribution in [0.5, 0.6) is 0 Å². The summed E-state index contributed by atoms with van der Waals surface area (Å²) in [6.07, 6.45) is 16.8. The second kappa shape index (κ2) is 20.9. The van der Waals surface area contributed by atoms with Crippen LogP contribution in [0.1, 0.15) is 100 Å². The lowest BCUT2D eigenvalue weighted by Gasteiger charge is -2.33. The summed E-state index contributed by atoms with van der Waals surface area (Å²) in [6.45, 7) is 8.40. The molecule has 0 aliphatic carbocycles. The van der Waals surface area contributed by atoms with Gasteiger partial charge in [-0.3, -0.25) is 10.0 Å². The van der Waals surface area contributed by atoms with Crippen molar-refractivity contribution in [1.29, 1.82) is 0 Å². The minimum absolute atomic E-state index is 0.890. The predicted molar refractivity (Wildman–Crippen MR) is 262 cm³/mol. The molecule has 61 heavy (non-hydrogen) atoms. The largest absolute Gasteiger partial charge is 0.341 e. The predicted octanol–water partition coefficient (Wildman–Crippen LogP) is 14.2. The Hall–Kier alpha value is -6.14. The van der Waals surface area contributed by atoms with Crippen molar-refractivity contribution in [2.45, 2.75) is 91.0 Å². The molecule has 0 amide bonds. The minimum Gasteiger partial charge on any atom is -0.341 e. The van der Waals surface area contributed by atoms with E-state index >= 15 is 0 Å². The van der Waals surface area contributed by atoms with Crippen molar-refractivity contribution in [3.05, 3.63) is 168 Å². The van der Waals surface area contributed by atoms with E-state index in [9.17, 15) is 0 Å². The van der Waals surface area contributed by atoms with E-state index in [1.54, 1.807) is 0 Å². The third-order valence-electron chi connectivity index (χ3n) is 12.1. The monoisotopic (exact) mass is 807 g/mol. The average Bonchev–Trinajstić information content (AvgIpc) is 3.62. The molecule has 7 aromatic rings. The topological polar surface area (TPSA) is 39.4 Å². The molecule has 0 spiro atoms. The molecular formula is C55H62N6. The van der Waals surface area contributed by atoms with Gasteiger partial charge >= 0.3 is 0 Å². The van der Waals surface area contributed by atoms with E-state index in [4.69, 9.17) is 10.2 Å². The zero-order valence-electron chi connectivity index (χ0n) is 36.3. The molecule has 6 nitrogen and oxygen atoms in total. The number of aryl methyl sites for hydroxylation is 1. The van der Waals surface area contributed by atoms with E-state index in [1.807, 2.05) is 6.21 Å². The number of benzene rings is 6. The number of hydrazone groups is 2. The third-order valence-corrected chi connectivity index (χ3v) is 12.1. The molecule has 1 aliphatic heterocycles. The fourth-order valence-electron chi connectivity index (χ4n) is 8.83. The molecule has 6 aromatic carbocycles. The highest BCUT2D eigenvalue weighted by Gasteiger charge is 2.22. The number of fused-ring (bicyclic) bond motifs is 5. The molecule has 0 unspecified atom stereocenters. The van der Waals surface area contributed by atoms with Gasteiger partial charge in [0.1, 0.15) is 0 Å². The Balaban J connectivity index is 0.849. The molecule has 1 aliphatic rings. The Labute approximate surface area is 363 Å². The molecular weight excluding hydrogens is 745 g/mol. The van der Waals surface area contributed by atoms with Crippen LogP contribution in [-0.4, -0.2) is 36.6 Å². The molecule has 0 saturated carbocycles. The maximum absolute atomic E-state index is 5.08.